The van der Waals surface area contributed by atoms with Crippen LogP contribution in [0.3, 0.4) is 0 Å². The summed E-state index contributed by atoms with van der Waals surface area (Å²) in [7, 11) is 0. The Hall–Kier alpha value is -0.620. The highest BCUT2D eigenvalue weighted by molar-refractivity contribution is 5.26. The van der Waals surface area contributed by atoms with Crippen LogP contribution < -0.4 is 0 Å². The molecule has 2 heteroatoms. The van der Waals surface area contributed by atoms with E-state index in [4.69, 9.17) is 10.2 Å². The molecule has 0 aliphatic carbocycles. The lowest BCUT2D eigenvalue weighted by atomic mass is 9.82. The van der Waals surface area contributed by atoms with Crippen LogP contribution in [0.1, 0.15) is 47.5 Å². The largest absolute Gasteiger partial charge is 0.231 e. The summed E-state index contributed by atoms with van der Waals surface area (Å²) in [6.45, 7) is 11.5. The van der Waals surface area contributed by atoms with Crippen molar-refractivity contribution in [2.75, 3.05) is 0 Å². The van der Waals surface area contributed by atoms with Gasteiger partial charge >= 0.3 is 0 Å². The van der Waals surface area contributed by atoms with E-state index in [2.05, 4.69) is 34.6 Å². The summed E-state index contributed by atoms with van der Waals surface area (Å²) in [5, 5.41) is 5.40. The molecule has 0 amide bonds. The maximum atomic E-state index is 8.35. The minimum Gasteiger partial charge on any atom is -0.222 e. The first-order chi connectivity index (χ1) is 5.39. The molecule has 0 rings (SSSR count). The molecule has 0 heterocycles. The monoisotopic (exact) mass is 171 g/mol. The summed E-state index contributed by atoms with van der Waals surface area (Å²) in [6, 6.07) is 0. The Kier molecular flexibility index (Phi) is 8.19. The van der Waals surface area contributed by atoms with E-state index in [1.165, 1.54) is 12.8 Å². The highest BCUT2D eigenvalue weighted by Gasteiger charge is 2.15. The predicted octanol–water partition coefficient (Wildman–Crippen LogP) is 3.37. The summed E-state index contributed by atoms with van der Waals surface area (Å²) in [5.74, 6) is 0.847. The van der Waals surface area contributed by atoms with Crippen molar-refractivity contribution in [3.05, 3.63) is 0 Å². The van der Waals surface area contributed by atoms with E-state index in [-0.39, 0.29) is 0 Å². The highest BCUT2D eigenvalue weighted by Crippen LogP contribution is 2.28. The topological polar surface area (TPSA) is 40.9 Å². The van der Waals surface area contributed by atoms with Crippen LogP contribution in [0.5, 0.6) is 0 Å². The molecule has 0 radical (unpaired) electrons. The molecule has 0 spiro atoms. The van der Waals surface area contributed by atoms with Crippen LogP contribution in [0.15, 0.2) is 0 Å². The molecule has 12 heavy (non-hydrogen) atoms. The van der Waals surface area contributed by atoms with E-state index in [0.29, 0.717) is 5.41 Å². The van der Waals surface area contributed by atoms with Crippen molar-refractivity contribution in [1.29, 1.82) is 5.41 Å². The van der Waals surface area contributed by atoms with Gasteiger partial charge in [-0.1, -0.05) is 41.0 Å². The number of carbonyl (C=O) groups excluding carboxylic acids is 1. The van der Waals surface area contributed by atoms with Crippen molar-refractivity contribution in [3.8, 4) is 0 Å². The van der Waals surface area contributed by atoms with Crippen molar-refractivity contribution < 1.29 is 4.79 Å². The minimum atomic E-state index is 0.564. The Morgan fingerprint density at radius 3 is 1.83 bits per heavy atom. The van der Waals surface area contributed by atoms with Gasteiger partial charge in [-0.05, 0) is 17.8 Å². The third-order valence-electron chi connectivity index (χ3n) is 1.92. The first-order valence-electron chi connectivity index (χ1n) is 4.43. The van der Waals surface area contributed by atoms with Crippen LogP contribution >= 0.6 is 0 Å². The Morgan fingerprint density at radius 1 is 1.42 bits per heavy atom. The molecule has 0 aliphatic rings. The van der Waals surface area contributed by atoms with Crippen molar-refractivity contribution >= 4 is 6.08 Å². The van der Waals surface area contributed by atoms with Crippen molar-refractivity contribution in [1.82, 2.24) is 0 Å². The Morgan fingerprint density at radius 2 is 1.75 bits per heavy atom. The van der Waals surface area contributed by atoms with Gasteiger partial charge in [0.05, 0.1) is 0 Å². The van der Waals surface area contributed by atoms with Gasteiger partial charge in [0.25, 0.3) is 0 Å². The molecule has 0 saturated carbocycles. The molecule has 72 valence electrons. The first-order valence-corrected chi connectivity index (χ1v) is 4.43. The number of hydrogen-bond acceptors (Lipinski definition) is 2. The molecular weight excluding hydrogens is 150 g/mol. The SMILES string of the molecule is CCC(C)(C)CC(C)C.N=C=O. The summed E-state index contributed by atoms with van der Waals surface area (Å²) in [4.78, 5) is 8.35. The van der Waals surface area contributed by atoms with Crippen LogP contribution in [0.25, 0.3) is 0 Å². The average Bonchev–Trinajstić information content (AvgIpc) is 1.87. The maximum absolute atomic E-state index is 8.35. The molecule has 0 aromatic rings. The second-order valence-corrected chi connectivity index (χ2v) is 4.22. The van der Waals surface area contributed by atoms with E-state index in [1.54, 1.807) is 0 Å². The van der Waals surface area contributed by atoms with Crippen LogP contribution in [0.4, 0.5) is 0 Å². The van der Waals surface area contributed by atoms with Gasteiger partial charge in [-0.3, -0.25) is 0 Å². The maximum Gasteiger partial charge on any atom is 0.231 e. The van der Waals surface area contributed by atoms with Gasteiger partial charge in [0, 0.05) is 0 Å². The normalized spacial score (nSPS) is 10.2. The van der Waals surface area contributed by atoms with Crippen molar-refractivity contribution in [2.24, 2.45) is 11.3 Å². The fourth-order valence-corrected chi connectivity index (χ4v) is 1.25. The molecule has 0 bridgehead atoms. The molecule has 0 aromatic carbocycles. The van der Waals surface area contributed by atoms with Gasteiger partial charge in [0.2, 0.25) is 6.08 Å². The fraction of sp³-hybridized carbons (Fsp3) is 0.900. The van der Waals surface area contributed by atoms with Gasteiger partial charge in [-0.15, -0.1) is 0 Å². The number of hydrogen-bond donors (Lipinski definition) is 1. The average molecular weight is 171 g/mol. The molecule has 0 aromatic heterocycles. The molecular formula is C10H21NO. The lowest BCUT2D eigenvalue weighted by Crippen LogP contribution is -2.12. The molecule has 1 N–H and O–H groups in total. The fourth-order valence-electron chi connectivity index (χ4n) is 1.25. The van der Waals surface area contributed by atoms with Gasteiger partial charge in [0.1, 0.15) is 0 Å². The van der Waals surface area contributed by atoms with Gasteiger partial charge in [-0.2, -0.15) is 0 Å². The summed E-state index contributed by atoms with van der Waals surface area (Å²) >= 11 is 0. The van der Waals surface area contributed by atoms with Gasteiger partial charge in [-0.25, -0.2) is 10.2 Å². The van der Waals surface area contributed by atoms with E-state index in [0.717, 1.165) is 12.0 Å². The molecule has 0 atom stereocenters. The summed E-state index contributed by atoms with van der Waals surface area (Å²) in [6.07, 6.45) is 3.40. The summed E-state index contributed by atoms with van der Waals surface area (Å²) < 4.78 is 0. The zero-order valence-electron chi connectivity index (χ0n) is 8.90. The predicted molar refractivity (Wildman–Crippen MR) is 51.9 cm³/mol. The molecule has 2 nitrogen and oxygen atoms in total. The Balaban J connectivity index is 0. The third-order valence-corrected chi connectivity index (χ3v) is 1.92. The number of isocyanates is 1. The van der Waals surface area contributed by atoms with Crippen molar-refractivity contribution in [3.63, 3.8) is 0 Å². The molecule has 0 unspecified atom stereocenters. The Bertz CT molecular complexity index is 133. The summed E-state index contributed by atoms with van der Waals surface area (Å²) in [5.41, 5.74) is 0.564. The van der Waals surface area contributed by atoms with Crippen molar-refractivity contribution in [2.45, 2.75) is 47.5 Å². The van der Waals surface area contributed by atoms with Crippen LogP contribution in [0, 0.1) is 16.7 Å². The zero-order chi connectivity index (χ0) is 10.2. The van der Waals surface area contributed by atoms with E-state index < -0.39 is 0 Å². The van der Waals surface area contributed by atoms with Crippen LogP contribution in [-0.4, -0.2) is 6.08 Å². The second kappa shape index (κ2) is 7.05. The molecule has 0 fully saturated rings. The zero-order valence-corrected chi connectivity index (χ0v) is 8.90. The van der Waals surface area contributed by atoms with Crippen LogP contribution in [0.2, 0.25) is 0 Å². The second-order valence-electron chi connectivity index (χ2n) is 4.22. The van der Waals surface area contributed by atoms with E-state index in [9.17, 15) is 0 Å². The number of rotatable bonds is 3. The molecule has 0 saturated heterocycles. The first kappa shape index (κ1) is 13.9. The lowest BCUT2D eigenvalue weighted by Gasteiger charge is -2.24. The van der Waals surface area contributed by atoms with E-state index in [1.807, 2.05) is 0 Å². The van der Waals surface area contributed by atoms with Crippen LogP contribution in [-0.2, 0) is 4.79 Å². The standard InChI is InChI=1S/C9H20.CHNO/c1-6-9(4,5)7-8(2)3;2-1-3/h8H,6-7H2,1-5H3;2H. The smallest absolute Gasteiger partial charge is 0.222 e. The van der Waals surface area contributed by atoms with E-state index >= 15 is 0 Å². The Labute approximate surface area is 75.9 Å². The minimum absolute atomic E-state index is 0.564. The van der Waals surface area contributed by atoms with Gasteiger partial charge < -0.3 is 0 Å². The highest BCUT2D eigenvalue weighted by atomic mass is 16.1. The third kappa shape index (κ3) is 12.1. The lowest BCUT2D eigenvalue weighted by molar-refractivity contribution is 0.277. The molecule has 0 aliphatic heterocycles. The quantitative estimate of drug-likeness (QED) is 0.513. The number of nitrogens with one attached hydrogen (secondary N) is 1. The van der Waals surface area contributed by atoms with Gasteiger partial charge in [0.15, 0.2) is 0 Å².